The van der Waals surface area contributed by atoms with Gasteiger partial charge in [0.1, 0.15) is 10.7 Å². The second-order valence-corrected chi connectivity index (χ2v) is 7.37. The predicted octanol–water partition coefficient (Wildman–Crippen LogP) is 1.79. The first-order chi connectivity index (χ1) is 9.15. The quantitative estimate of drug-likeness (QED) is 0.751. The number of likely N-dealkylation sites (N-methyl/N-ethyl adjacent to an activating group) is 1. The second-order valence-electron chi connectivity index (χ2n) is 4.78. The zero-order valence-electron chi connectivity index (χ0n) is 11.7. The Morgan fingerprint density at radius 2 is 2.05 bits per heavy atom. The van der Waals surface area contributed by atoms with Crippen LogP contribution < -0.4 is 10.5 Å². The van der Waals surface area contributed by atoms with E-state index in [1.54, 1.807) is 0 Å². The molecular weight excluding hydrogens is 349 g/mol. The minimum absolute atomic E-state index is 0.0615. The van der Waals surface area contributed by atoms with E-state index in [-0.39, 0.29) is 21.6 Å². The molecule has 0 aliphatic rings. The molecule has 20 heavy (non-hydrogen) atoms. The Morgan fingerprint density at radius 3 is 2.60 bits per heavy atom. The molecule has 0 spiro atoms. The average molecular weight is 368 g/mol. The van der Waals surface area contributed by atoms with Gasteiger partial charge in [0.05, 0.1) is 10.2 Å². The van der Waals surface area contributed by atoms with E-state index in [1.165, 1.54) is 6.07 Å². The summed E-state index contributed by atoms with van der Waals surface area (Å²) in [4.78, 5) is 1.88. The first-order valence-electron chi connectivity index (χ1n) is 6.09. The van der Waals surface area contributed by atoms with Crippen LogP contribution in [0.25, 0.3) is 0 Å². The molecule has 8 heteroatoms. The number of benzene rings is 1. The van der Waals surface area contributed by atoms with Crippen molar-refractivity contribution in [3.8, 4) is 0 Å². The molecule has 0 bridgehead atoms. The van der Waals surface area contributed by atoms with Gasteiger partial charge in [0.2, 0.25) is 10.0 Å². The number of nitrogen functional groups attached to an aromatic ring is 1. The van der Waals surface area contributed by atoms with Crippen LogP contribution in [0, 0.1) is 5.82 Å². The SMILES string of the molecule is CC(C)N(C)CCNS(=O)(=O)c1cc(Br)c(F)cc1N. The van der Waals surface area contributed by atoms with Crippen LogP contribution in [0.15, 0.2) is 21.5 Å². The van der Waals surface area contributed by atoms with Gasteiger partial charge in [-0.05, 0) is 49.0 Å². The van der Waals surface area contributed by atoms with E-state index in [0.29, 0.717) is 12.6 Å². The molecule has 0 fully saturated rings. The number of nitrogens with two attached hydrogens (primary N) is 1. The summed E-state index contributed by atoms with van der Waals surface area (Å²) < 4.78 is 40.0. The third-order valence-electron chi connectivity index (χ3n) is 2.98. The predicted molar refractivity (Wildman–Crippen MR) is 81.5 cm³/mol. The summed E-state index contributed by atoms with van der Waals surface area (Å²) in [6, 6.07) is 2.47. The van der Waals surface area contributed by atoms with Crippen LogP contribution in [-0.2, 0) is 10.0 Å². The highest BCUT2D eigenvalue weighted by Crippen LogP contribution is 2.25. The van der Waals surface area contributed by atoms with E-state index in [0.717, 1.165) is 6.07 Å². The fraction of sp³-hybridized carbons (Fsp3) is 0.500. The first kappa shape index (κ1) is 17.4. The van der Waals surface area contributed by atoms with Gasteiger partial charge in [0.15, 0.2) is 0 Å². The van der Waals surface area contributed by atoms with E-state index in [2.05, 4.69) is 20.7 Å². The van der Waals surface area contributed by atoms with Gasteiger partial charge in [-0.1, -0.05) is 0 Å². The summed E-state index contributed by atoms with van der Waals surface area (Å²) in [5.41, 5.74) is 5.45. The van der Waals surface area contributed by atoms with Crippen molar-refractivity contribution in [3.63, 3.8) is 0 Å². The Morgan fingerprint density at radius 1 is 1.45 bits per heavy atom. The Hall–Kier alpha value is -0.700. The van der Waals surface area contributed by atoms with Crippen molar-refractivity contribution >= 4 is 31.6 Å². The Balaban J connectivity index is 2.82. The lowest BCUT2D eigenvalue weighted by atomic mass is 10.3. The van der Waals surface area contributed by atoms with Gasteiger partial charge in [-0.15, -0.1) is 0 Å². The molecule has 0 aliphatic heterocycles. The number of nitrogens with one attached hydrogen (secondary N) is 1. The Bertz CT molecular complexity index is 578. The van der Waals surface area contributed by atoms with Crippen molar-refractivity contribution in [1.82, 2.24) is 9.62 Å². The summed E-state index contributed by atoms with van der Waals surface area (Å²) in [7, 11) is -1.85. The van der Waals surface area contributed by atoms with Gasteiger partial charge < -0.3 is 10.6 Å². The lowest BCUT2D eigenvalue weighted by molar-refractivity contribution is 0.278. The fourth-order valence-corrected chi connectivity index (χ4v) is 3.12. The molecule has 1 aromatic carbocycles. The molecule has 0 heterocycles. The monoisotopic (exact) mass is 367 g/mol. The highest BCUT2D eigenvalue weighted by Gasteiger charge is 2.19. The van der Waals surface area contributed by atoms with Crippen LogP contribution in [0.2, 0.25) is 0 Å². The Kier molecular flexibility index (Phi) is 5.93. The van der Waals surface area contributed by atoms with Crippen molar-refractivity contribution in [2.75, 3.05) is 25.9 Å². The molecule has 0 atom stereocenters. The van der Waals surface area contributed by atoms with E-state index >= 15 is 0 Å². The minimum atomic E-state index is -3.75. The van der Waals surface area contributed by atoms with E-state index < -0.39 is 15.8 Å². The van der Waals surface area contributed by atoms with Crippen molar-refractivity contribution in [2.24, 2.45) is 0 Å². The number of nitrogens with zero attached hydrogens (tertiary/aromatic N) is 1. The van der Waals surface area contributed by atoms with E-state index in [1.807, 2.05) is 25.8 Å². The summed E-state index contributed by atoms with van der Waals surface area (Å²) >= 11 is 2.95. The molecule has 3 N–H and O–H groups in total. The van der Waals surface area contributed by atoms with Crippen molar-refractivity contribution < 1.29 is 12.8 Å². The van der Waals surface area contributed by atoms with Crippen molar-refractivity contribution in [2.45, 2.75) is 24.8 Å². The summed E-state index contributed by atoms with van der Waals surface area (Å²) in [5.74, 6) is -0.596. The highest BCUT2D eigenvalue weighted by molar-refractivity contribution is 9.10. The molecule has 0 aliphatic carbocycles. The number of hydrogen-bond donors (Lipinski definition) is 2. The zero-order valence-corrected chi connectivity index (χ0v) is 14.1. The maximum atomic E-state index is 13.2. The van der Waals surface area contributed by atoms with Gasteiger partial charge in [0, 0.05) is 19.1 Å². The van der Waals surface area contributed by atoms with Crippen LogP contribution in [0.1, 0.15) is 13.8 Å². The largest absolute Gasteiger partial charge is 0.398 e. The summed E-state index contributed by atoms with van der Waals surface area (Å²) in [6.07, 6.45) is 0. The molecule has 0 unspecified atom stereocenters. The standard InChI is InChI=1S/C12H19BrFN3O2S/c1-8(2)17(3)5-4-16-20(18,19)12-6-9(13)10(14)7-11(12)15/h6-8,16H,4-5,15H2,1-3H3. The van der Waals surface area contributed by atoms with Crippen molar-refractivity contribution in [3.05, 3.63) is 22.4 Å². The zero-order chi connectivity index (χ0) is 15.5. The van der Waals surface area contributed by atoms with Crippen molar-refractivity contribution in [1.29, 1.82) is 0 Å². The topological polar surface area (TPSA) is 75.4 Å². The summed E-state index contributed by atoms with van der Waals surface area (Å²) in [5, 5.41) is 0. The lowest BCUT2D eigenvalue weighted by Gasteiger charge is -2.21. The number of sulfonamides is 1. The first-order valence-corrected chi connectivity index (χ1v) is 8.37. The summed E-state index contributed by atoms with van der Waals surface area (Å²) in [6.45, 7) is 4.86. The van der Waals surface area contributed by atoms with Crippen LogP contribution in [0.3, 0.4) is 0 Å². The maximum Gasteiger partial charge on any atom is 0.242 e. The third-order valence-corrected chi connectivity index (χ3v) is 5.10. The molecule has 0 aromatic heterocycles. The average Bonchev–Trinajstić information content (AvgIpc) is 2.33. The number of halogens is 2. The maximum absolute atomic E-state index is 13.2. The minimum Gasteiger partial charge on any atom is -0.398 e. The molecule has 5 nitrogen and oxygen atoms in total. The normalized spacial score (nSPS) is 12.3. The molecule has 1 rings (SSSR count). The van der Waals surface area contributed by atoms with Crippen LogP contribution >= 0.6 is 15.9 Å². The van der Waals surface area contributed by atoms with Gasteiger partial charge >= 0.3 is 0 Å². The lowest BCUT2D eigenvalue weighted by Crippen LogP contribution is -2.36. The fourth-order valence-electron chi connectivity index (χ4n) is 1.47. The van der Waals surface area contributed by atoms with Gasteiger partial charge in [-0.2, -0.15) is 0 Å². The molecule has 1 aromatic rings. The molecule has 0 amide bonds. The van der Waals surface area contributed by atoms with Crippen LogP contribution in [0.5, 0.6) is 0 Å². The smallest absolute Gasteiger partial charge is 0.242 e. The Labute approximate surface area is 127 Å². The van der Waals surface area contributed by atoms with Crippen LogP contribution in [-0.4, -0.2) is 39.5 Å². The van der Waals surface area contributed by atoms with Crippen LogP contribution in [0.4, 0.5) is 10.1 Å². The molecule has 0 radical (unpaired) electrons. The van der Waals surface area contributed by atoms with Gasteiger partial charge in [-0.3, -0.25) is 0 Å². The number of hydrogen-bond acceptors (Lipinski definition) is 4. The van der Waals surface area contributed by atoms with E-state index in [9.17, 15) is 12.8 Å². The van der Waals surface area contributed by atoms with Gasteiger partial charge in [0.25, 0.3) is 0 Å². The number of rotatable bonds is 6. The molecule has 0 saturated heterocycles. The second kappa shape index (κ2) is 6.84. The highest BCUT2D eigenvalue weighted by atomic mass is 79.9. The van der Waals surface area contributed by atoms with Gasteiger partial charge in [-0.25, -0.2) is 17.5 Å². The molecular formula is C12H19BrFN3O2S. The third kappa shape index (κ3) is 4.41. The van der Waals surface area contributed by atoms with E-state index in [4.69, 9.17) is 5.73 Å². The molecule has 0 saturated carbocycles. The molecule has 114 valence electrons. The number of anilines is 1.